The molecule has 0 radical (unpaired) electrons. The molecule has 0 aromatic heterocycles. The van der Waals surface area contributed by atoms with Crippen molar-refractivity contribution in [2.75, 3.05) is 0 Å². The molecule has 0 saturated carbocycles. The Balaban J connectivity index is 0.000000248. The molecule has 6 aromatic rings. The van der Waals surface area contributed by atoms with Gasteiger partial charge in [-0.15, -0.1) is 20.5 Å². The molecule has 6 rings (SSSR count). The van der Waals surface area contributed by atoms with Gasteiger partial charge in [-0.3, -0.25) is 20.2 Å². The van der Waals surface area contributed by atoms with E-state index in [9.17, 15) is 56.4 Å². The van der Waals surface area contributed by atoms with Gasteiger partial charge in [-0.25, -0.2) is 16.8 Å². The molecule has 0 aliphatic heterocycles. The molecule has 0 unspecified atom stereocenters. The van der Waals surface area contributed by atoms with Crippen molar-refractivity contribution in [2.45, 2.75) is 36.5 Å². The van der Waals surface area contributed by atoms with Gasteiger partial charge in [-0.1, -0.05) is 50.2 Å². The number of fused-ring (bicyclic) bond motifs is 2. The molecule has 0 amide bonds. The first kappa shape index (κ1) is 44.5. The van der Waals surface area contributed by atoms with Crippen LogP contribution < -0.4 is 0 Å². The third-order valence-corrected chi connectivity index (χ3v) is 10.1. The molecular weight excluding hydrogens is 910 g/mol. The van der Waals surface area contributed by atoms with Crippen molar-refractivity contribution in [2.24, 2.45) is 20.5 Å². The maximum Gasteiger partial charge on any atom is 2.00 e. The average Bonchev–Trinajstić information content (AvgIpc) is 3.15. The zero-order valence-electron chi connectivity index (χ0n) is 29.8. The van der Waals surface area contributed by atoms with Gasteiger partial charge < -0.3 is 19.3 Å². The Bertz CT molecular complexity index is 2640. The van der Waals surface area contributed by atoms with Gasteiger partial charge in [0.15, 0.2) is 0 Å². The van der Waals surface area contributed by atoms with Crippen LogP contribution in [0.4, 0.5) is 34.1 Å². The standard InChI is InChI=1S/2C18H15N3O6S.Ba/c2*1-2-11-6-7-12(21(23)24)10-15(11)19-20-18-14-4-3-5-17(28(25,26)27)13(14)8-9-16(18)22;/h2*3-10,22H,2H2,1H3,(H,25,26,27);/q;;+2/p-2. The molecule has 0 aliphatic carbocycles. The van der Waals surface area contributed by atoms with Gasteiger partial charge in [0.05, 0.1) is 31.0 Å². The SMILES string of the molecule is CCc1ccc([N+](=O)[O-])cc1N=Nc1c(O)ccc2c(S(=O)(=O)[O-])cccc12.CCc1ccc([N+](=O)[O-])cc1N=Nc1c(O)ccc2c(S(=O)(=O)[O-])cccc12.[Ba+2]. The molecule has 0 atom stereocenters. The maximum absolute atomic E-state index is 11.5. The van der Waals surface area contributed by atoms with Crippen molar-refractivity contribution in [1.29, 1.82) is 0 Å². The minimum absolute atomic E-state index is 0. The predicted octanol–water partition coefficient (Wildman–Crippen LogP) is 8.29. The van der Waals surface area contributed by atoms with Gasteiger partial charge in [-0.05, 0) is 60.4 Å². The third-order valence-electron chi connectivity index (χ3n) is 8.32. The fraction of sp³-hybridized carbons (Fsp3) is 0.111. The average molecular weight is 938 g/mol. The van der Waals surface area contributed by atoms with Crippen LogP contribution in [0.1, 0.15) is 25.0 Å². The Morgan fingerprint density at radius 1 is 0.544 bits per heavy atom. The summed E-state index contributed by atoms with van der Waals surface area (Å²) in [4.78, 5) is 20.0. The second kappa shape index (κ2) is 18.4. The summed E-state index contributed by atoms with van der Waals surface area (Å²) in [5.41, 5.74) is 1.50. The van der Waals surface area contributed by atoms with Crippen molar-refractivity contribution in [3.8, 4) is 11.5 Å². The van der Waals surface area contributed by atoms with Crippen LogP contribution in [0.25, 0.3) is 21.5 Å². The van der Waals surface area contributed by atoms with E-state index in [-0.39, 0.29) is 116 Å². The Labute approximate surface area is 364 Å². The van der Waals surface area contributed by atoms with Crippen molar-refractivity contribution in [3.05, 3.63) is 128 Å². The Morgan fingerprint density at radius 2 is 0.912 bits per heavy atom. The van der Waals surface area contributed by atoms with Crippen molar-refractivity contribution in [3.63, 3.8) is 0 Å². The monoisotopic (exact) mass is 938 g/mol. The zero-order valence-corrected chi connectivity index (χ0v) is 35.9. The van der Waals surface area contributed by atoms with E-state index in [2.05, 4.69) is 20.5 Å². The second-order valence-electron chi connectivity index (χ2n) is 11.7. The minimum Gasteiger partial charge on any atom is -0.744 e. The number of phenols is 2. The number of nitrogens with zero attached hydrogens (tertiary/aromatic N) is 6. The number of hydrogen-bond donors (Lipinski definition) is 2. The van der Waals surface area contributed by atoms with Crippen LogP contribution in [-0.4, -0.2) is 94.9 Å². The van der Waals surface area contributed by atoms with E-state index >= 15 is 0 Å². The molecular formula is C36H28BaN6O12S2. The molecule has 0 heterocycles. The van der Waals surface area contributed by atoms with Crippen molar-refractivity contribution >= 4 is 125 Å². The maximum atomic E-state index is 11.5. The first-order chi connectivity index (χ1) is 26.4. The van der Waals surface area contributed by atoms with E-state index in [1.807, 2.05) is 13.8 Å². The summed E-state index contributed by atoms with van der Waals surface area (Å²) >= 11 is 0. The molecule has 21 heteroatoms. The van der Waals surface area contributed by atoms with Crippen LogP contribution in [-0.2, 0) is 33.1 Å². The summed E-state index contributed by atoms with van der Waals surface area (Å²) in [5, 5.41) is 59.0. The third kappa shape index (κ3) is 10.2. The number of nitro benzene ring substituents is 2. The van der Waals surface area contributed by atoms with Gasteiger partial charge in [0, 0.05) is 45.8 Å². The van der Waals surface area contributed by atoms with Gasteiger partial charge in [0.2, 0.25) is 0 Å². The van der Waals surface area contributed by atoms with E-state index in [0.29, 0.717) is 24.0 Å². The molecule has 0 spiro atoms. The summed E-state index contributed by atoms with van der Waals surface area (Å²) < 4.78 is 68.8. The van der Waals surface area contributed by atoms with Crippen LogP contribution in [0, 0.1) is 20.2 Å². The van der Waals surface area contributed by atoms with E-state index in [1.54, 1.807) is 12.1 Å². The summed E-state index contributed by atoms with van der Waals surface area (Å²) in [6.07, 6.45) is 1.10. The Hall–Kier alpha value is -5.17. The molecule has 288 valence electrons. The fourth-order valence-corrected chi connectivity index (χ4v) is 6.96. The van der Waals surface area contributed by atoms with Crippen LogP contribution >= 0.6 is 0 Å². The zero-order chi connectivity index (χ0) is 40.9. The Kier molecular flexibility index (Phi) is 14.4. The van der Waals surface area contributed by atoms with Crippen LogP contribution in [0.15, 0.2) is 127 Å². The number of hydrogen-bond acceptors (Lipinski definition) is 16. The minimum atomic E-state index is -4.73. The fourth-order valence-electron chi connectivity index (χ4n) is 5.57. The van der Waals surface area contributed by atoms with Crippen LogP contribution in [0.3, 0.4) is 0 Å². The number of non-ortho nitro benzene ring substituents is 2. The predicted molar refractivity (Wildman–Crippen MR) is 206 cm³/mol. The van der Waals surface area contributed by atoms with Gasteiger partial charge in [0.1, 0.15) is 43.1 Å². The number of benzene rings is 6. The van der Waals surface area contributed by atoms with E-state index < -0.39 is 39.9 Å². The summed E-state index contributed by atoms with van der Waals surface area (Å²) in [6, 6.07) is 21.4. The molecule has 0 saturated heterocycles. The van der Waals surface area contributed by atoms with Crippen LogP contribution in [0.2, 0.25) is 0 Å². The van der Waals surface area contributed by atoms with Crippen LogP contribution in [0.5, 0.6) is 11.5 Å². The van der Waals surface area contributed by atoms with Crippen molar-refractivity contribution in [1.82, 2.24) is 0 Å². The largest absolute Gasteiger partial charge is 2.00 e. The number of nitro groups is 2. The van der Waals surface area contributed by atoms with Gasteiger partial charge >= 0.3 is 48.9 Å². The van der Waals surface area contributed by atoms with Gasteiger partial charge in [-0.2, -0.15) is 0 Å². The summed E-state index contributed by atoms with van der Waals surface area (Å²) in [6.45, 7) is 3.70. The number of phenolic OH excluding ortho intramolecular Hbond substituents is 2. The van der Waals surface area contributed by atoms with E-state index in [1.165, 1.54) is 84.9 Å². The molecule has 0 aliphatic rings. The Morgan fingerprint density at radius 3 is 1.23 bits per heavy atom. The topological polar surface area (TPSA) is 291 Å². The normalized spacial score (nSPS) is 11.7. The number of rotatable bonds is 10. The van der Waals surface area contributed by atoms with E-state index in [0.717, 1.165) is 0 Å². The first-order valence-corrected chi connectivity index (χ1v) is 19.1. The number of aromatic hydroxyl groups is 2. The molecule has 2 N–H and O–H groups in total. The van der Waals surface area contributed by atoms with Crippen molar-refractivity contribution < 1.29 is 46.0 Å². The molecule has 6 aromatic carbocycles. The molecule has 0 bridgehead atoms. The quantitative estimate of drug-likeness (QED) is 0.0431. The second-order valence-corrected chi connectivity index (χ2v) is 14.4. The summed E-state index contributed by atoms with van der Waals surface area (Å²) in [7, 11) is -9.46. The smallest absolute Gasteiger partial charge is 0.744 e. The number of aryl methyl sites for hydroxylation is 2. The molecule has 18 nitrogen and oxygen atoms in total. The first-order valence-electron chi connectivity index (χ1n) is 16.2. The molecule has 0 fully saturated rings. The van der Waals surface area contributed by atoms with E-state index in [4.69, 9.17) is 0 Å². The molecule has 57 heavy (non-hydrogen) atoms. The summed E-state index contributed by atoms with van der Waals surface area (Å²) in [5.74, 6) is -0.555. The van der Waals surface area contributed by atoms with Gasteiger partial charge in [0.25, 0.3) is 11.4 Å². The number of azo groups is 2.